The molecule has 0 aliphatic carbocycles. The highest BCUT2D eigenvalue weighted by Gasteiger charge is 2.32. The summed E-state index contributed by atoms with van der Waals surface area (Å²) in [6, 6.07) is 7.56. The van der Waals surface area contributed by atoms with Crippen LogP contribution in [0.1, 0.15) is 12.8 Å². The number of benzene rings is 1. The lowest BCUT2D eigenvalue weighted by molar-refractivity contribution is -0.274. The van der Waals surface area contributed by atoms with Gasteiger partial charge in [-0.3, -0.25) is 0 Å². The first kappa shape index (κ1) is 15.4. The van der Waals surface area contributed by atoms with Crippen molar-refractivity contribution in [3.63, 3.8) is 0 Å². The van der Waals surface area contributed by atoms with Crippen LogP contribution in [0.15, 0.2) is 36.7 Å². The number of halogens is 3. The zero-order chi connectivity index (χ0) is 16.3. The minimum Gasteiger partial charge on any atom is -0.404 e. The van der Waals surface area contributed by atoms with Gasteiger partial charge in [-0.15, -0.1) is 13.2 Å². The molecule has 0 bridgehead atoms. The summed E-state index contributed by atoms with van der Waals surface area (Å²) in [7, 11) is 0. The molecule has 5 nitrogen and oxygen atoms in total. The summed E-state index contributed by atoms with van der Waals surface area (Å²) in [6.07, 6.45) is -1.14. The fourth-order valence-electron chi connectivity index (χ4n) is 2.46. The molecule has 1 N–H and O–H groups in total. The average molecular weight is 324 g/mol. The molecule has 0 spiro atoms. The van der Waals surface area contributed by atoms with E-state index in [-0.39, 0.29) is 11.4 Å². The van der Waals surface area contributed by atoms with Crippen LogP contribution in [0.5, 0.6) is 5.75 Å². The van der Waals surface area contributed by atoms with Crippen molar-refractivity contribution in [3.8, 4) is 5.75 Å². The summed E-state index contributed by atoms with van der Waals surface area (Å²) in [4.78, 5) is 10.4. The Kier molecular flexibility index (Phi) is 4.22. The van der Waals surface area contributed by atoms with Crippen LogP contribution >= 0.6 is 0 Å². The van der Waals surface area contributed by atoms with Gasteiger partial charge < -0.3 is 15.0 Å². The van der Waals surface area contributed by atoms with E-state index in [1.807, 2.05) is 0 Å². The number of rotatable bonds is 4. The summed E-state index contributed by atoms with van der Waals surface area (Å²) in [5, 5.41) is 2.86. The molecule has 122 valence electrons. The van der Waals surface area contributed by atoms with Crippen molar-refractivity contribution in [1.82, 2.24) is 9.97 Å². The third-order valence-electron chi connectivity index (χ3n) is 3.46. The van der Waals surface area contributed by atoms with Gasteiger partial charge in [0, 0.05) is 19.2 Å². The largest absolute Gasteiger partial charge is 0.573 e. The quantitative estimate of drug-likeness (QED) is 0.929. The fourth-order valence-corrected chi connectivity index (χ4v) is 2.46. The zero-order valence-electron chi connectivity index (χ0n) is 12.2. The van der Waals surface area contributed by atoms with Crippen molar-refractivity contribution in [3.05, 3.63) is 36.7 Å². The van der Waals surface area contributed by atoms with E-state index >= 15 is 0 Å². The van der Waals surface area contributed by atoms with E-state index in [2.05, 4.69) is 24.9 Å². The van der Waals surface area contributed by atoms with Gasteiger partial charge in [0.25, 0.3) is 0 Å². The van der Waals surface area contributed by atoms with Crippen molar-refractivity contribution >= 4 is 17.3 Å². The van der Waals surface area contributed by atoms with E-state index < -0.39 is 6.36 Å². The predicted octanol–water partition coefficient (Wildman–Crippen LogP) is 3.72. The molecule has 23 heavy (non-hydrogen) atoms. The highest BCUT2D eigenvalue weighted by Crippen LogP contribution is 2.32. The smallest absolute Gasteiger partial charge is 0.404 e. The number of nitrogens with one attached hydrogen (secondary N) is 1. The second-order valence-corrected chi connectivity index (χ2v) is 5.12. The Hall–Kier alpha value is -2.51. The van der Waals surface area contributed by atoms with Gasteiger partial charge in [0.2, 0.25) is 0 Å². The van der Waals surface area contributed by atoms with Crippen LogP contribution in [-0.4, -0.2) is 29.4 Å². The number of para-hydroxylation sites is 2. The van der Waals surface area contributed by atoms with Crippen LogP contribution in [0.3, 0.4) is 0 Å². The van der Waals surface area contributed by atoms with Gasteiger partial charge in [-0.25, -0.2) is 9.97 Å². The Balaban J connectivity index is 1.81. The van der Waals surface area contributed by atoms with Crippen molar-refractivity contribution in [2.45, 2.75) is 19.2 Å². The number of aromatic nitrogens is 2. The number of anilines is 3. The topological polar surface area (TPSA) is 50.3 Å². The van der Waals surface area contributed by atoms with Gasteiger partial charge in [0.15, 0.2) is 5.75 Å². The molecule has 1 aromatic heterocycles. The second-order valence-electron chi connectivity index (χ2n) is 5.12. The third kappa shape index (κ3) is 4.02. The van der Waals surface area contributed by atoms with Gasteiger partial charge in [0.05, 0.1) is 5.69 Å². The number of alkyl halides is 3. The molecule has 0 radical (unpaired) electrons. The van der Waals surface area contributed by atoms with E-state index in [1.165, 1.54) is 24.5 Å². The van der Waals surface area contributed by atoms with Crippen molar-refractivity contribution < 1.29 is 17.9 Å². The molecule has 0 unspecified atom stereocenters. The second kappa shape index (κ2) is 6.31. The number of hydrogen-bond acceptors (Lipinski definition) is 5. The van der Waals surface area contributed by atoms with E-state index in [0.717, 1.165) is 31.7 Å². The van der Waals surface area contributed by atoms with E-state index in [0.29, 0.717) is 5.82 Å². The standard InChI is InChI=1S/C15H15F3N4O/c16-15(17,18)23-12-6-2-1-5-11(12)21-13-9-14(20-10-19-13)22-7-3-4-8-22/h1-2,5-6,9-10H,3-4,7-8H2,(H,19,20,21). The lowest BCUT2D eigenvalue weighted by Gasteiger charge is -2.17. The maximum atomic E-state index is 12.4. The maximum absolute atomic E-state index is 12.4. The normalized spacial score (nSPS) is 14.8. The highest BCUT2D eigenvalue weighted by atomic mass is 19.4. The molecular formula is C15H15F3N4O. The van der Waals surface area contributed by atoms with E-state index in [9.17, 15) is 13.2 Å². The van der Waals surface area contributed by atoms with Crippen molar-refractivity contribution in [2.75, 3.05) is 23.3 Å². The first-order valence-electron chi connectivity index (χ1n) is 7.20. The van der Waals surface area contributed by atoms with Crippen LogP contribution in [0.25, 0.3) is 0 Å². The Bertz CT molecular complexity index is 672. The molecule has 1 fully saturated rings. The molecule has 0 saturated carbocycles. The first-order chi connectivity index (χ1) is 11.0. The molecule has 1 aliphatic rings. The molecule has 1 aliphatic heterocycles. The maximum Gasteiger partial charge on any atom is 0.573 e. The SMILES string of the molecule is FC(F)(F)Oc1ccccc1Nc1cc(N2CCCC2)ncn1. The number of ether oxygens (including phenoxy) is 1. The van der Waals surface area contributed by atoms with Crippen LogP contribution in [0.2, 0.25) is 0 Å². The average Bonchev–Trinajstić information content (AvgIpc) is 3.02. The molecule has 1 aromatic carbocycles. The summed E-state index contributed by atoms with van der Waals surface area (Å²) < 4.78 is 41.4. The Labute approximate surface area is 131 Å². The third-order valence-corrected chi connectivity index (χ3v) is 3.46. The van der Waals surface area contributed by atoms with Crippen molar-refractivity contribution in [1.29, 1.82) is 0 Å². The molecule has 3 rings (SSSR count). The fraction of sp³-hybridized carbons (Fsp3) is 0.333. The molecule has 1 saturated heterocycles. The summed E-state index contributed by atoms with van der Waals surface area (Å²) in [5.74, 6) is 0.871. The molecule has 2 heterocycles. The van der Waals surface area contributed by atoms with Gasteiger partial charge >= 0.3 is 6.36 Å². The Morgan fingerprint density at radius 1 is 1.09 bits per heavy atom. The zero-order valence-corrected chi connectivity index (χ0v) is 12.2. The predicted molar refractivity (Wildman–Crippen MR) is 79.9 cm³/mol. The Morgan fingerprint density at radius 3 is 2.57 bits per heavy atom. The van der Waals surface area contributed by atoms with E-state index in [4.69, 9.17) is 0 Å². The number of hydrogen-bond donors (Lipinski definition) is 1. The lowest BCUT2D eigenvalue weighted by Crippen LogP contribution is -2.19. The van der Waals surface area contributed by atoms with Gasteiger partial charge in [-0.1, -0.05) is 12.1 Å². The summed E-state index contributed by atoms with van der Waals surface area (Å²) in [6.45, 7) is 1.84. The van der Waals surface area contributed by atoms with Gasteiger partial charge in [-0.05, 0) is 25.0 Å². The minimum atomic E-state index is -4.75. The highest BCUT2D eigenvalue weighted by molar-refractivity contribution is 5.65. The van der Waals surface area contributed by atoms with E-state index in [1.54, 1.807) is 12.1 Å². The van der Waals surface area contributed by atoms with Crippen molar-refractivity contribution in [2.24, 2.45) is 0 Å². The number of nitrogens with zero attached hydrogens (tertiary/aromatic N) is 3. The molecule has 8 heteroatoms. The minimum absolute atomic E-state index is 0.191. The van der Waals surface area contributed by atoms with Crippen LogP contribution in [-0.2, 0) is 0 Å². The molecule has 0 atom stereocenters. The molecular weight excluding hydrogens is 309 g/mol. The van der Waals surface area contributed by atoms with Gasteiger partial charge in [-0.2, -0.15) is 0 Å². The van der Waals surface area contributed by atoms with Gasteiger partial charge in [0.1, 0.15) is 18.0 Å². The summed E-state index contributed by atoms with van der Waals surface area (Å²) in [5.41, 5.74) is 0.191. The van der Waals surface area contributed by atoms with Crippen LogP contribution < -0.4 is 15.0 Å². The van der Waals surface area contributed by atoms with Crippen LogP contribution in [0.4, 0.5) is 30.5 Å². The molecule has 2 aromatic rings. The first-order valence-corrected chi connectivity index (χ1v) is 7.20. The van der Waals surface area contributed by atoms with Crippen LogP contribution in [0, 0.1) is 0 Å². The molecule has 0 amide bonds. The monoisotopic (exact) mass is 324 g/mol. The summed E-state index contributed by atoms with van der Waals surface area (Å²) >= 11 is 0. The lowest BCUT2D eigenvalue weighted by atomic mass is 10.3. The Morgan fingerprint density at radius 2 is 1.83 bits per heavy atom.